The van der Waals surface area contributed by atoms with Crippen molar-refractivity contribution in [3.05, 3.63) is 23.5 Å². The van der Waals surface area contributed by atoms with Gasteiger partial charge in [-0.2, -0.15) is 0 Å². The molecular formula is C10H11FN4O3. The maximum absolute atomic E-state index is 13.4. The Kier molecular flexibility index (Phi) is 3.82. The number of guanidine groups is 1. The summed E-state index contributed by atoms with van der Waals surface area (Å²) in [4.78, 5) is 25.3. The highest BCUT2D eigenvalue weighted by Gasteiger charge is 2.15. The normalized spacial score (nSPS) is 9.67. The second kappa shape index (κ2) is 5.13. The molecule has 6 N–H and O–H groups in total. The van der Waals surface area contributed by atoms with Crippen molar-refractivity contribution >= 4 is 29.2 Å². The molecule has 0 aliphatic heterocycles. The fraction of sp³-hybridized carbons (Fsp3) is 0.100. The molecule has 0 bridgehead atoms. The quantitative estimate of drug-likeness (QED) is 0.457. The van der Waals surface area contributed by atoms with Gasteiger partial charge in [0, 0.05) is 13.0 Å². The first-order chi connectivity index (χ1) is 8.31. The summed E-state index contributed by atoms with van der Waals surface area (Å²) in [6.45, 7) is 1.21. The van der Waals surface area contributed by atoms with Crippen molar-refractivity contribution in [2.75, 3.05) is 5.32 Å². The number of halogens is 1. The van der Waals surface area contributed by atoms with Crippen molar-refractivity contribution in [2.45, 2.75) is 6.92 Å². The van der Waals surface area contributed by atoms with E-state index in [1.54, 1.807) is 0 Å². The molecule has 7 nitrogen and oxygen atoms in total. The first-order valence-electron chi connectivity index (χ1n) is 4.75. The van der Waals surface area contributed by atoms with Gasteiger partial charge in [0.05, 0.1) is 16.9 Å². The number of aromatic carboxylic acids is 1. The summed E-state index contributed by atoms with van der Waals surface area (Å²) in [5.41, 5.74) is 9.68. The second-order valence-electron chi connectivity index (χ2n) is 3.37. The number of anilines is 1. The number of aliphatic imine (C=N–C) groups is 1. The van der Waals surface area contributed by atoms with Crippen LogP contribution in [-0.4, -0.2) is 22.9 Å². The number of benzene rings is 1. The van der Waals surface area contributed by atoms with Crippen LogP contribution < -0.4 is 16.8 Å². The maximum Gasteiger partial charge on any atom is 0.338 e. The van der Waals surface area contributed by atoms with Crippen molar-refractivity contribution in [1.29, 1.82) is 0 Å². The summed E-state index contributed by atoms with van der Waals surface area (Å²) in [6.07, 6.45) is 0. The summed E-state index contributed by atoms with van der Waals surface area (Å²) < 4.78 is 13.4. The fourth-order valence-electron chi connectivity index (χ4n) is 1.25. The lowest BCUT2D eigenvalue weighted by Crippen LogP contribution is -2.22. The SMILES string of the molecule is CC(=O)Nc1cc(F)c(C(=O)O)cc1N=C(N)N. The van der Waals surface area contributed by atoms with Crippen LogP contribution in [-0.2, 0) is 4.79 Å². The molecule has 0 atom stereocenters. The van der Waals surface area contributed by atoms with E-state index in [0.717, 1.165) is 12.1 Å². The number of amides is 1. The Bertz CT molecular complexity index is 538. The third kappa shape index (κ3) is 3.17. The lowest BCUT2D eigenvalue weighted by atomic mass is 10.1. The predicted octanol–water partition coefficient (Wildman–Crippen LogP) is 0.387. The van der Waals surface area contributed by atoms with Crippen LogP contribution in [0.25, 0.3) is 0 Å². The first-order valence-corrected chi connectivity index (χ1v) is 4.75. The van der Waals surface area contributed by atoms with Crippen LogP contribution in [0, 0.1) is 5.82 Å². The highest BCUT2D eigenvalue weighted by Crippen LogP contribution is 2.28. The van der Waals surface area contributed by atoms with Gasteiger partial charge in [-0.3, -0.25) is 4.79 Å². The molecular weight excluding hydrogens is 243 g/mol. The Balaban J connectivity index is 3.41. The van der Waals surface area contributed by atoms with Gasteiger partial charge < -0.3 is 21.9 Å². The Morgan fingerprint density at radius 3 is 2.44 bits per heavy atom. The van der Waals surface area contributed by atoms with Crippen molar-refractivity contribution in [1.82, 2.24) is 0 Å². The van der Waals surface area contributed by atoms with E-state index in [0.29, 0.717) is 0 Å². The zero-order valence-electron chi connectivity index (χ0n) is 9.40. The number of nitrogens with zero attached hydrogens (tertiary/aromatic N) is 1. The highest BCUT2D eigenvalue weighted by molar-refractivity contribution is 5.96. The number of carbonyl (C=O) groups excluding carboxylic acids is 1. The van der Waals surface area contributed by atoms with E-state index in [4.69, 9.17) is 16.6 Å². The van der Waals surface area contributed by atoms with E-state index in [1.165, 1.54) is 6.92 Å². The number of hydrogen-bond donors (Lipinski definition) is 4. The van der Waals surface area contributed by atoms with Gasteiger partial charge in [0.2, 0.25) is 5.91 Å². The number of hydrogen-bond acceptors (Lipinski definition) is 3. The number of carbonyl (C=O) groups is 2. The molecule has 0 unspecified atom stereocenters. The number of nitrogens with one attached hydrogen (secondary N) is 1. The van der Waals surface area contributed by atoms with Gasteiger partial charge in [0.25, 0.3) is 0 Å². The smallest absolute Gasteiger partial charge is 0.338 e. The Labute approximate surface area is 101 Å². The molecule has 96 valence electrons. The third-order valence-electron chi connectivity index (χ3n) is 1.88. The largest absolute Gasteiger partial charge is 0.478 e. The van der Waals surface area contributed by atoms with Crippen molar-refractivity contribution < 1.29 is 19.1 Å². The first kappa shape index (κ1) is 13.4. The molecule has 0 saturated carbocycles. The lowest BCUT2D eigenvalue weighted by Gasteiger charge is -2.08. The van der Waals surface area contributed by atoms with Crippen LogP contribution in [0.5, 0.6) is 0 Å². The minimum Gasteiger partial charge on any atom is -0.478 e. The average molecular weight is 254 g/mol. The van der Waals surface area contributed by atoms with Gasteiger partial charge in [-0.25, -0.2) is 14.2 Å². The van der Waals surface area contributed by atoms with E-state index >= 15 is 0 Å². The number of nitrogens with two attached hydrogens (primary N) is 2. The topological polar surface area (TPSA) is 131 Å². The Morgan fingerprint density at radius 1 is 1.39 bits per heavy atom. The molecule has 0 aromatic heterocycles. The number of carboxylic acid groups (broad SMARTS) is 1. The van der Waals surface area contributed by atoms with Crippen LogP contribution in [0.1, 0.15) is 17.3 Å². The molecule has 18 heavy (non-hydrogen) atoms. The molecule has 0 heterocycles. The third-order valence-corrected chi connectivity index (χ3v) is 1.88. The van der Waals surface area contributed by atoms with Crippen LogP contribution in [0.3, 0.4) is 0 Å². The second-order valence-corrected chi connectivity index (χ2v) is 3.37. The van der Waals surface area contributed by atoms with Gasteiger partial charge in [0.15, 0.2) is 5.96 Å². The van der Waals surface area contributed by atoms with Crippen molar-refractivity contribution in [2.24, 2.45) is 16.5 Å². The van der Waals surface area contributed by atoms with E-state index < -0.39 is 23.3 Å². The van der Waals surface area contributed by atoms with Gasteiger partial charge in [-0.15, -0.1) is 0 Å². The standard InChI is InChI=1S/C10H11FN4O3/c1-4(16)14-8-3-6(11)5(9(17)18)2-7(8)15-10(12)13/h2-3H,1H3,(H,14,16)(H,17,18)(H4,12,13,15). The van der Waals surface area contributed by atoms with E-state index in [1.807, 2.05) is 0 Å². The summed E-state index contributed by atoms with van der Waals surface area (Å²) in [7, 11) is 0. The molecule has 1 amide bonds. The summed E-state index contributed by atoms with van der Waals surface area (Å²) in [5.74, 6) is -3.27. The van der Waals surface area contributed by atoms with E-state index in [-0.39, 0.29) is 17.3 Å². The minimum atomic E-state index is -1.46. The number of rotatable bonds is 3. The van der Waals surface area contributed by atoms with Crippen LogP contribution in [0.2, 0.25) is 0 Å². The van der Waals surface area contributed by atoms with Crippen molar-refractivity contribution in [3.63, 3.8) is 0 Å². The molecule has 1 rings (SSSR count). The Hall–Kier alpha value is -2.64. The molecule has 8 heteroatoms. The monoisotopic (exact) mass is 254 g/mol. The summed E-state index contributed by atoms with van der Waals surface area (Å²) >= 11 is 0. The average Bonchev–Trinajstić information content (AvgIpc) is 2.19. The van der Waals surface area contributed by atoms with Gasteiger partial charge in [-0.1, -0.05) is 0 Å². The minimum absolute atomic E-state index is 0.0154. The summed E-state index contributed by atoms with van der Waals surface area (Å²) in [6, 6.07) is 1.77. The molecule has 1 aromatic carbocycles. The summed E-state index contributed by atoms with van der Waals surface area (Å²) in [5, 5.41) is 11.1. The number of carboxylic acids is 1. The molecule has 0 spiro atoms. The van der Waals surface area contributed by atoms with Crippen LogP contribution >= 0.6 is 0 Å². The predicted molar refractivity (Wildman–Crippen MR) is 63.1 cm³/mol. The molecule has 0 aliphatic carbocycles. The van der Waals surface area contributed by atoms with Gasteiger partial charge in [-0.05, 0) is 6.07 Å². The van der Waals surface area contributed by atoms with Crippen LogP contribution in [0.4, 0.5) is 15.8 Å². The lowest BCUT2D eigenvalue weighted by molar-refractivity contribution is -0.114. The molecule has 0 saturated heterocycles. The fourth-order valence-corrected chi connectivity index (χ4v) is 1.25. The van der Waals surface area contributed by atoms with E-state index in [9.17, 15) is 14.0 Å². The Morgan fingerprint density at radius 2 is 2.00 bits per heavy atom. The highest BCUT2D eigenvalue weighted by atomic mass is 19.1. The van der Waals surface area contributed by atoms with Crippen molar-refractivity contribution in [3.8, 4) is 0 Å². The molecule has 0 radical (unpaired) electrons. The molecule has 1 aromatic rings. The zero-order valence-corrected chi connectivity index (χ0v) is 9.40. The van der Waals surface area contributed by atoms with E-state index in [2.05, 4.69) is 10.3 Å². The van der Waals surface area contributed by atoms with Crippen LogP contribution in [0.15, 0.2) is 17.1 Å². The maximum atomic E-state index is 13.4. The molecule has 0 aliphatic rings. The van der Waals surface area contributed by atoms with Gasteiger partial charge >= 0.3 is 5.97 Å². The van der Waals surface area contributed by atoms with Gasteiger partial charge in [0.1, 0.15) is 5.82 Å². The zero-order chi connectivity index (χ0) is 13.9. The molecule has 0 fully saturated rings.